The minimum absolute atomic E-state index is 1.17. The van der Waals surface area contributed by atoms with Crippen LogP contribution in [0.1, 0.15) is 33.3 Å². The first-order valence-electron chi connectivity index (χ1n) is 5.18. The predicted octanol–water partition coefficient (Wildman–Crippen LogP) is 4.74. The van der Waals surface area contributed by atoms with E-state index in [-0.39, 0.29) is 0 Å². The van der Waals surface area contributed by atoms with E-state index in [0.29, 0.717) is 0 Å². The Hall–Kier alpha value is -0.630. The molecule has 0 saturated heterocycles. The monoisotopic (exact) mass is 213 g/mol. The molecule has 0 aromatic heterocycles. The third-order valence-electron chi connectivity index (χ3n) is 1.24. The molecule has 0 amide bonds. The average Bonchev–Trinajstić information content (AvgIpc) is 2.24. The molecule has 1 nitrogen and oxygen atoms in total. The van der Waals surface area contributed by atoms with Gasteiger partial charge in [-0.2, -0.15) is 0 Å². The summed E-state index contributed by atoms with van der Waals surface area (Å²) in [4.78, 5) is 0. The summed E-state index contributed by atoms with van der Waals surface area (Å²) in [5.74, 6) is 0. The van der Waals surface area contributed by atoms with Crippen molar-refractivity contribution in [2.45, 2.75) is 34.6 Å². The van der Waals surface area contributed by atoms with Crippen molar-refractivity contribution < 1.29 is 0 Å². The fourth-order valence-corrected chi connectivity index (χ4v) is 1.19. The van der Waals surface area contributed by atoms with Gasteiger partial charge >= 0.3 is 0 Å². The lowest BCUT2D eigenvalue weighted by molar-refractivity contribution is 1.47. The third-order valence-corrected chi connectivity index (χ3v) is 1.68. The summed E-state index contributed by atoms with van der Waals surface area (Å²) in [5.41, 5.74) is 2.46. The van der Waals surface area contributed by atoms with Gasteiger partial charge in [0, 0.05) is 11.9 Å². The van der Waals surface area contributed by atoms with Gasteiger partial charge in [-0.05, 0) is 24.6 Å². The number of hydrogen-bond acceptors (Lipinski definition) is 2. The van der Waals surface area contributed by atoms with Crippen LogP contribution in [0.25, 0.3) is 0 Å². The summed E-state index contributed by atoms with van der Waals surface area (Å²) < 4.78 is 3.16. The summed E-state index contributed by atoms with van der Waals surface area (Å²) in [5, 5.41) is 0. The molecule has 0 spiro atoms. The zero-order valence-corrected chi connectivity index (χ0v) is 11.0. The molecule has 0 aliphatic rings. The van der Waals surface area contributed by atoms with Gasteiger partial charge in [-0.3, -0.25) is 0 Å². The van der Waals surface area contributed by atoms with Crippen molar-refractivity contribution in [2.24, 2.45) is 0 Å². The molecule has 0 aliphatic heterocycles. The Bertz CT molecular complexity index is 211. The molecule has 2 heteroatoms. The van der Waals surface area contributed by atoms with Gasteiger partial charge in [-0.15, -0.1) is 0 Å². The van der Waals surface area contributed by atoms with Gasteiger partial charge in [0.2, 0.25) is 0 Å². The van der Waals surface area contributed by atoms with Crippen molar-refractivity contribution in [3.8, 4) is 0 Å². The summed E-state index contributed by atoms with van der Waals surface area (Å²) in [6.45, 7) is 10.1. The van der Waals surface area contributed by atoms with E-state index in [9.17, 15) is 0 Å². The Morgan fingerprint density at radius 3 is 2.07 bits per heavy atom. The highest BCUT2D eigenvalue weighted by Gasteiger charge is 1.87. The summed E-state index contributed by atoms with van der Waals surface area (Å²) >= 11 is 1.61. The molecule has 1 aromatic rings. The maximum Gasteiger partial charge on any atom is 0.0442 e. The van der Waals surface area contributed by atoms with Crippen LogP contribution >= 0.6 is 11.9 Å². The third kappa shape index (κ3) is 7.99. The van der Waals surface area contributed by atoms with Crippen molar-refractivity contribution in [3.05, 3.63) is 29.8 Å². The molecular weight excluding hydrogens is 190 g/mol. The molecule has 0 aliphatic carbocycles. The second-order valence-corrected chi connectivity index (χ2v) is 2.79. The maximum absolute atomic E-state index is 3.16. The average molecular weight is 213 g/mol. The maximum atomic E-state index is 3.16. The molecule has 82 valence electrons. The fourth-order valence-electron chi connectivity index (χ4n) is 0.826. The van der Waals surface area contributed by atoms with Gasteiger partial charge < -0.3 is 4.72 Å². The Morgan fingerprint density at radius 2 is 1.64 bits per heavy atom. The zero-order valence-electron chi connectivity index (χ0n) is 10.2. The van der Waals surface area contributed by atoms with E-state index < -0.39 is 0 Å². The van der Waals surface area contributed by atoms with Crippen LogP contribution in [0.3, 0.4) is 0 Å². The van der Waals surface area contributed by atoms with Crippen LogP contribution in [0.2, 0.25) is 0 Å². The summed E-state index contributed by atoms with van der Waals surface area (Å²) in [7, 11) is 0. The van der Waals surface area contributed by atoms with Gasteiger partial charge in [0.25, 0.3) is 0 Å². The molecule has 1 rings (SSSR count). The van der Waals surface area contributed by atoms with E-state index in [0.717, 1.165) is 0 Å². The number of rotatable bonds is 2. The van der Waals surface area contributed by atoms with Crippen LogP contribution in [-0.2, 0) is 0 Å². The first-order chi connectivity index (χ1) is 6.83. The van der Waals surface area contributed by atoms with Crippen LogP contribution in [0.15, 0.2) is 24.3 Å². The van der Waals surface area contributed by atoms with Crippen LogP contribution in [0.5, 0.6) is 0 Å². The second-order valence-electron chi connectivity index (χ2n) is 2.18. The van der Waals surface area contributed by atoms with E-state index in [1.807, 2.05) is 40.0 Å². The summed E-state index contributed by atoms with van der Waals surface area (Å²) in [6.07, 6.45) is 2.02. The molecular formula is C12H23NS. The first-order valence-corrected chi connectivity index (χ1v) is 6.41. The van der Waals surface area contributed by atoms with Crippen LogP contribution in [0.4, 0.5) is 5.69 Å². The molecule has 0 unspecified atom stereocenters. The highest BCUT2D eigenvalue weighted by Crippen LogP contribution is 2.11. The predicted molar refractivity (Wildman–Crippen MR) is 71.0 cm³/mol. The van der Waals surface area contributed by atoms with E-state index >= 15 is 0 Å². The highest BCUT2D eigenvalue weighted by atomic mass is 32.2. The Balaban J connectivity index is 0. The van der Waals surface area contributed by atoms with Crippen molar-refractivity contribution >= 4 is 17.6 Å². The Kier molecular flexibility index (Phi) is 14.0. The molecule has 1 aromatic carbocycles. The molecule has 0 bridgehead atoms. The van der Waals surface area contributed by atoms with Crippen molar-refractivity contribution in [3.63, 3.8) is 0 Å². The van der Waals surface area contributed by atoms with E-state index in [2.05, 4.69) is 29.8 Å². The van der Waals surface area contributed by atoms with Gasteiger partial charge in [0.1, 0.15) is 0 Å². The van der Waals surface area contributed by atoms with Gasteiger partial charge in [-0.1, -0.05) is 51.8 Å². The molecule has 14 heavy (non-hydrogen) atoms. The minimum Gasteiger partial charge on any atom is -0.330 e. The summed E-state index contributed by atoms with van der Waals surface area (Å²) in [6, 6.07) is 8.32. The molecule has 1 N–H and O–H groups in total. The van der Waals surface area contributed by atoms with Crippen molar-refractivity contribution in [2.75, 3.05) is 11.0 Å². The second kappa shape index (κ2) is 12.4. The quantitative estimate of drug-likeness (QED) is 0.712. The largest absolute Gasteiger partial charge is 0.330 e. The molecule has 0 heterocycles. The standard InChI is InChI=1S/C8H11NS.2C2H6/c1-7-4-3-5-8(6-7)9-10-2;2*1-2/h3-6,9H,1-2H3;2*1-2H3. The fraction of sp³-hybridized carbons (Fsp3) is 0.500. The van der Waals surface area contributed by atoms with E-state index in [1.165, 1.54) is 11.3 Å². The number of aryl methyl sites for hydroxylation is 1. The van der Waals surface area contributed by atoms with E-state index in [4.69, 9.17) is 0 Å². The smallest absolute Gasteiger partial charge is 0.0442 e. The highest BCUT2D eigenvalue weighted by molar-refractivity contribution is 7.99. The molecule has 0 radical (unpaired) electrons. The molecule has 0 saturated carbocycles. The van der Waals surface area contributed by atoms with Crippen molar-refractivity contribution in [1.82, 2.24) is 0 Å². The minimum atomic E-state index is 1.17. The molecule has 0 atom stereocenters. The lowest BCUT2D eigenvalue weighted by Gasteiger charge is -2.01. The van der Waals surface area contributed by atoms with Gasteiger partial charge in [0.15, 0.2) is 0 Å². The Labute approximate surface area is 93.4 Å². The normalized spacial score (nSPS) is 7.57. The van der Waals surface area contributed by atoms with Gasteiger partial charge in [0.05, 0.1) is 0 Å². The van der Waals surface area contributed by atoms with E-state index in [1.54, 1.807) is 11.9 Å². The number of hydrogen-bond donors (Lipinski definition) is 1. The Morgan fingerprint density at radius 1 is 1.07 bits per heavy atom. The van der Waals surface area contributed by atoms with Gasteiger partial charge in [-0.25, -0.2) is 0 Å². The van der Waals surface area contributed by atoms with Crippen LogP contribution in [0, 0.1) is 6.92 Å². The lowest BCUT2D eigenvalue weighted by Crippen LogP contribution is -1.83. The topological polar surface area (TPSA) is 12.0 Å². The molecule has 0 fully saturated rings. The lowest BCUT2D eigenvalue weighted by atomic mass is 10.2. The number of benzene rings is 1. The first kappa shape index (κ1) is 15.8. The number of nitrogens with one attached hydrogen (secondary N) is 1. The van der Waals surface area contributed by atoms with Crippen molar-refractivity contribution in [1.29, 1.82) is 0 Å². The van der Waals surface area contributed by atoms with Crippen LogP contribution in [-0.4, -0.2) is 6.26 Å². The SMILES string of the molecule is CC.CC.CSNc1cccc(C)c1. The zero-order chi connectivity index (χ0) is 11.4. The van der Waals surface area contributed by atoms with Crippen LogP contribution < -0.4 is 4.72 Å². The number of anilines is 1.